The minimum Gasteiger partial charge on any atom is -0.395 e. The second-order valence-electron chi connectivity index (χ2n) is 4.58. The average Bonchev–Trinajstić information content (AvgIpc) is 2.95. The number of sulfonamides is 1. The lowest BCUT2D eigenvalue weighted by molar-refractivity contribution is 0.213. The van der Waals surface area contributed by atoms with Crippen molar-refractivity contribution in [3.8, 4) is 11.8 Å². The van der Waals surface area contributed by atoms with Crippen LogP contribution in [-0.4, -0.2) is 48.7 Å². The average molecular weight is 295 g/mol. The first kappa shape index (κ1) is 15.0. The van der Waals surface area contributed by atoms with Crippen LogP contribution in [0.15, 0.2) is 29.2 Å². The first-order chi connectivity index (χ1) is 9.59. The Morgan fingerprint density at radius 3 is 2.55 bits per heavy atom. The minimum atomic E-state index is -3.56. The van der Waals surface area contributed by atoms with Gasteiger partial charge in [-0.2, -0.15) is 4.31 Å². The number of nitrogens with zero attached hydrogens (tertiary/aromatic N) is 1. The van der Waals surface area contributed by atoms with Gasteiger partial charge in [0.25, 0.3) is 0 Å². The lowest BCUT2D eigenvalue weighted by Gasteiger charge is -2.22. The van der Waals surface area contributed by atoms with Crippen molar-refractivity contribution in [3.05, 3.63) is 29.8 Å². The summed E-state index contributed by atoms with van der Waals surface area (Å²) in [5.74, 6) is 5.22. The molecule has 1 aliphatic rings. The van der Waals surface area contributed by atoms with Gasteiger partial charge in [-0.05, 0) is 37.1 Å². The number of rotatable bonds is 3. The predicted molar refractivity (Wildman–Crippen MR) is 74.4 cm³/mol. The van der Waals surface area contributed by atoms with Gasteiger partial charge in [-0.25, -0.2) is 8.42 Å². The van der Waals surface area contributed by atoms with Crippen molar-refractivity contribution < 1.29 is 18.6 Å². The Labute approximate surface area is 118 Å². The molecule has 6 heteroatoms. The third-order valence-electron chi connectivity index (χ3n) is 3.31. The van der Waals surface area contributed by atoms with Crippen LogP contribution in [0.3, 0.4) is 0 Å². The molecule has 0 amide bonds. The summed E-state index contributed by atoms with van der Waals surface area (Å²) in [6.07, 6.45) is 1.46. The van der Waals surface area contributed by atoms with Gasteiger partial charge in [0.2, 0.25) is 10.0 Å². The lowest BCUT2D eigenvalue weighted by Crippen LogP contribution is -2.37. The molecule has 0 bridgehead atoms. The highest BCUT2D eigenvalue weighted by atomic mass is 32.2. The Morgan fingerprint density at radius 1 is 1.25 bits per heavy atom. The van der Waals surface area contributed by atoms with Crippen LogP contribution < -0.4 is 0 Å². The van der Waals surface area contributed by atoms with Crippen molar-refractivity contribution in [2.75, 3.05) is 19.8 Å². The maximum Gasteiger partial charge on any atom is 0.243 e. The first-order valence-corrected chi connectivity index (χ1v) is 7.86. The monoisotopic (exact) mass is 295 g/mol. The van der Waals surface area contributed by atoms with Gasteiger partial charge in [-0.3, -0.25) is 0 Å². The summed E-state index contributed by atoms with van der Waals surface area (Å²) in [6.45, 7) is 0.0604. The van der Waals surface area contributed by atoms with E-state index in [1.165, 1.54) is 16.4 Å². The van der Waals surface area contributed by atoms with Crippen molar-refractivity contribution >= 4 is 10.0 Å². The molecule has 1 unspecified atom stereocenters. The van der Waals surface area contributed by atoms with E-state index in [0.717, 1.165) is 6.42 Å². The summed E-state index contributed by atoms with van der Waals surface area (Å²) in [5.41, 5.74) is 0.651. The summed E-state index contributed by atoms with van der Waals surface area (Å²) in [7, 11) is -3.56. The normalized spacial score (nSPS) is 19.6. The molecule has 1 aromatic carbocycles. The fourth-order valence-electron chi connectivity index (χ4n) is 2.30. The van der Waals surface area contributed by atoms with Crippen LogP contribution in [0.2, 0.25) is 0 Å². The largest absolute Gasteiger partial charge is 0.395 e. The van der Waals surface area contributed by atoms with Gasteiger partial charge in [-0.15, -0.1) is 0 Å². The maximum atomic E-state index is 12.5. The molecule has 0 aliphatic carbocycles. The maximum absolute atomic E-state index is 12.5. The van der Waals surface area contributed by atoms with Crippen LogP contribution in [0, 0.1) is 11.8 Å². The molecule has 1 aromatic rings. The lowest BCUT2D eigenvalue weighted by atomic mass is 10.2. The van der Waals surface area contributed by atoms with Gasteiger partial charge < -0.3 is 10.2 Å². The Morgan fingerprint density at radius 2 is 1.95 bits per heavy atom. The van der Waals surface area contributed by atoms with E-state index in [0.29, 0.717) is 18.5 Å². The van der Waals surface area contributed by atoms with E-state index in [1.807, 2.05) is 0 Å². The van der Waals surface area contributed by atoms with Gasteiger partial charge >= 0.3 is 0 Å². The van der Waals surface area contributed by atoms with Gasteiger partial charge in [0.15, 0.2) is 0 Å². The Kier molecular flexibility index (Phi) is 4.78. The fraction of sp³-hybridized carbons (Fsp3) is 0.429. The number of hydrogen-bond donors (Lipinski definition) is 2. The second-order valence-corrected chi connectivity index (χ2v) is 6.47. The Bertz CT molecular complexity index is 613. The van der Waals surface area contributed by atoms with Gasteiger partial charge in [-0.1, -0.05) is 11.8 Å². The summed E-state index contributed by atoms with van der Waals surface area (Å²) >= 11 is 0. The smallest absolute Gasteiger partial charge is 0.243 e. The molecular formula is C14H17NO4S. The molecule has 0 saturated carbocycles. The first-order valence-electron chi connectivity index (χ1n) is 6.42. The minimum absolute atomic E-state index is 0.153. The van der Waals surface area contributed by atoms with E-state index >= 15 is 0 Å². The third kappa shape index (κ3) is 3.02. The number of aliphatic hydroxyl groups is 2. The molecule has 20 heavy (non-hydrogen) atoms. The zero-order valence-electron chi connectivity index (χ0n) is 11.0. The van der Waals surface area contributed by atoms with Crippen LogP contribution in [0.25, 0.3) is 0 Å². The highest BCUT2D eigenvalue weighted by Crippen LogP contribution is 2.25. The molecule has 1 heterocycles. The topological polar surface area (TPSA) is 77.8 Å². The molecule has 1 fully saturated rings. The van der Waals surface area contributed by atoms with Crippen LogP contribution in [0.4, 0.5) is 0 Å². The summed E-state index contributed by atoms with van der Waals surface area (Å²) in [4.78, 5) is 0.201. The van der Waals surface area contributed by atoms with Crippen LogP contribution in [0.1, 0.15) is 18.4 Å². The molecule has 0 spiro atoms. The quantitative estimate of drug-likeness (QED) is 0.780. The molecule has 0 radical (unpaired) electrons. The number of benzene rings is 1. The molecule has 1 atom stereocenters. The fourth-order valence-corrected chi connectivity index (χ4v) is 3.98. The molecule has 2 N–H and O–H groups in total. The van der Waals surface area contributed by atoms with Crippen molar-refractivity contribution in [1.29, 1.82) is 0 Å². The highest BCUT2D eigenvalue weighted by molar-refractivity contribution is 7.89. The van der Waals surface area contributed by atoms with Crippen LogP contribution in [-0.2, 0) is 10.0 Å². The standard InChI is InChI=1S/C14H17NO4S/c16-10-2-3-12-5-7-14(8-6-12)20(18,19)15-9-1-4-13(15)11-17/h5-8,13,16-17H,1,4,9-11H2. The third-order valence-corrected chi connectivity index (χ3v) is 5.27. The zero-order chi connectivity index (χ0) is 14.6. The van der Waals surface area contributed by atoms with Crippen LogP contribution >= 0.6 is 0 Å². The van der Waals surface area contributed by atoms with E-state index in [9.17, 15) is 13.5 Å². The predicted octanol–water partition coefficient (Wildman–Crippen LogP) is 0.176. The van der Waals surface area contributed by atoms with Gasteiger partial charge in [0.05, 0.1) is 11.5 Å². The highest BCUT2D eigenvalue weighted by Gasteiger charge is 2.34. The number of hydrogen-bond acceptors (Lipinski definition) is 4. The van der Waals surface area contributed by atoms with E-state index in [-0.39, 0.29) is 24.2 Å². The molecule has 1 aliphatic heterocycles. The van der Waals surface area contributed by atoms with E-state index < -0.39 is 10.0 Å². The van der Waals surface area contributed by atoms with E-state index in [2.05, 4.69) is 11.8 Å². The molecule has 108 valence electrons. The summed E-state index contributed by atoms with van der Waals surface area (Å²) < 4.78 is 26.3. The molecular weight excluding hydrogens is 278 g/mol. The van der Waals surface area contributed by atoms with E-state index in [1.54, 1.807) is 12.1 Å². The van der Waals surface area contributed by atoms with Gasteiger partial charge in [0, 0.05) is 18.2 Å². The summed E-state index contributed by atoms with van der Waals surface area (Å²) in [6, 6.07) is 5.90. The molecule has 5 nitrogen and oxygen atoms in total. The Balaban J connectivity index is 2.26. The van der Waals surface area contributed by atoms with Gasteiger partial charge in [0.1, 0.15) is 6.61 Å². The summed E-state index contributed by atoms with van der Waals surface area (Å²) in [5, 5.41) is 17.9. The van der Waals surface area contributed by atoms with Crippen molar-refractivity contribution in [2.45, 2.75) is 23.8 Å². The van der Waals surface area contributed by atoms with Crippen molar-refractivity contribution in [1.82, 2.24) is 4.31 Å². The van der Waals surface area contributed by atoms with Crippen LogP contribution in [0.5, 0.6) is 0 Å². The zero-order valence-corrected chi connectivity index (χ0v) is 11.8. The molecule has 0 aromatic heterocycles. The molecule has 1 saturated heterocycles. The number of aliphatic hydroxyl groups excluding tert-OH is 2. The van der Waals surface area contributed by atoms with Crippen molar-refractivity contribution in [2.24, 2.45) is 0 Å². The Hall–Kier alpha value is -1.39. The van der Waals surface area contributed by atoms with Crippen molar-refractivity contribution in [3.63, 3.8) is 0 Å². The SMILES string of the molecule is O=S(=O)(c1ccc(C#CCO)cc1)N1CCCC1CO. The molecule has 2 rings (SSSR count). The van der Waals surface area contributed by atoms with E-state index in [4.69, 9.17) is 5.11 Å². The second kappa shape index (κ2) is 6.37.